The first-order chi connectivity index (χ1) is 16.4. The average Bonchev–Trinajstić information content (AvgIpc) is 3.30. The fourth-order valence-electron chi connectivity index (χ4n) is 3.86. The first kappa shape index (κ1) is 24.4. The largest absolute Gasteiger partial charge is 0.456 e. The van der Waals surface area contributed by atoms with Crippen LogP contribution in [0.4, 0.5) is 0 Å². The lowest BCUT2D eigenvalue weighted by atomic mass is 9.90. The SMILES string of the molecule is CC(C)(C)[C@H]1CO[C@](COC(=O)c2ccccc2)(CO[SiH](c2ccccc2)c2ccccc2)O1. The van der Waals surface area contributed by atoms with Gasteiger partial charge in [0.2, 0.25) is 14.8 Å². The molecule has 1 aliphatic rings. The van der Waals surface area contributed by atoms with Crippen LogP contribution in [0.5, 0.6) is 0 Å². The van der Waals surface area contributed by atoms with Crippen molar-refractivity contribution in [1.29, 1.82) is 0 Å². The minimum Gasteiger partial charge on any atom is -0.456 e. The summed E-state index contributed by atoms with van der Waals surface area (Å²) in [5.41, 5.74) is 0.366. The molecule has 5 nitrogen and oxygen atoms in total. The van der Waals surface area contributed by atoms with Gasteiger partial charge >= 0.3 is 5.97 Å². The summed E-state index contributed by atoms with van der Waals surface area (Å²) in [6, 6.07) is 29.4. The van der Waals surface area contributed by atoms with E-state index in [0.717, 1.165) is 10.4 Å². The Hall–Kier alpha value is -2.77. The zero-order chi connectivity index (χ0) is 24.0. The minimum absolute atomic E-state index is 0.0436. The second-order valence-electron chi connectivity index (χ2n) is 9.65. The molecular formula is C28H32O5Si. The maximum absolute atomic E-state index is 12.6. The smallest absolute Gasteiger partial charge is 0.338 e. The third-order valence-electron chi connectivity index (χ3n) is 5.93. The van der Waals surface area contributed by atoms with Crippen LogP contribution in [0.3, 0.4) is 0 Å². The van der Waals surface area contributed by atoms with Crippen LogP contribution < -0.4 is 10.4 Å². The zero-order valence-electron chi connectivity index (χ0n) is 20.0. The standard InChI is InChI=1S/C28H32O5Si/c1-27(2,3)25-19-31-28(33-25,20-30-26(29)22-13-7-4-8-14-22)21-32-34(23-15-9-5-10-16-23)24-17-11-6-12-18-24/h4-18,25,34H,19-21H2,1-3H3/t25-,28+/m1/s1. The lowest BCUT2D eigenvalue weighted by Gasteiger charge is -2.32. The Labute approximate surface area is 203 Å². The second-order valence-corrected chi connectivity index (χ2v) is 12.1. The van der Waals surface area contributed by atoms with Crippen molar-refractivity contribution in [1.82, 2.24) is 0 Å². The van der Waals surface area contributed by atoms with Crippen molar-refractivity contribution in [3.63, 3.8) is 0 Å². The fraction of sp³-hybridized carbons (Fsp3) is 0.321. The Morgan fingerprint density at radius 3 is 1.91 bits per heavy atom. The highest BCUT2D eigenvalue weighted by atomic mass is 28.3. The third-order valence-corrected chi connectivity index (χ3v) is 8.41. The molecule has 0 N–H and O–H groups in total. The van der Waals surface area contributed by atoms with Crippen LogP contribution in [0.1, 0.15) is 31.1 Å². The summed E-state index contributed by atoms with van der Waals surface area (Å²) in [6.45, 7) is 6.87. The van der Waals surface area contributed by atoms with Crippen LogP contribution in [0.25, 0.3) is 0 Å². The molecule has 34 heavy (non-hydrogen) atoms. The van der Waals surface area contributed by atoms with E-state index in [4.69, 9.17) is 18.6 Å². The van der Waals surface area contributed by atoms with Crippen LogP contribution in [-0.4, -0.2) is 46.7 Å². The van der Waals surface area contributed by atoms with E-state index in [1.807, 2.05) is 54.6 Å². The van der Waals surface area contributed by atoms with Gasteiger partial charge in [-0.2, -0.15) is 0 Å². The molecule has 0 unspecified atom stereocenters. The minimum atomic E-state index is -2.02. The number of rotatable bonds is 8. The Morgan fingerprint density at radius 1 is 0.882 bits per heavy atom. The highest BCUT2D eigenvalue weighted by Gasteiger charge is 2.47. The highest BCUT2D eigenvalue weighted by molar-refractivity contribution is 6.80. The van der Waals surface area contributed by atoms with Crippen molar-refractivity contribution in [3.05, 3.63) is 96.6 Å². The Kier molecular flexibility index (Phi) is 7.63. The number of carbonyl (C=O) groups is 1. The quantitative estimate of drug-likeness (QED) is 0.368. The zero-order valence-corrected chi connectivity index (χ0v) is 21.1. The van der Waals surface area contributed by atoms with Crippen molar-refractivity contribution >= 4 is 25.4 Å². The molecule has 0 aliphatic carbocycles. The second kappa shape index (κ2) is 10.7. The van der Waals surface area contributed by atoms with E-state index in [0.29, 0.717) is 12.2 Å². The summed E-state index contributed by atoms with van der Waals surface area (Å²) in [4.78, 5) is 12.6. The lowest BCUT2D eigenvalue weighted by Crippen LogP contribution is -2.51. The topological polar surface area (TPSA) is 54.0 Å². The first-order valence-electron chi connectivity index (χ1n) is 11.6. The molecule has 1 saturated heterocycles. The molecular weight excluding hydrogens is 444 g/mol. The number of ether oxygens (including phenoxy) is 3. The molecule has 0 saturated carbocycles. The summed E-state index contributed by atoms with van der Waals surface area (Å²) in [7, 11) is -2.02. The third kappa shape index (κ3) is 6.01. The molecule has 1 fully saturated rings. The molecule has 6 heteroatoms. The number of esters is 1. The van der Waals surface area contributed by atoms with E-state index < -0.39 is 20.8 Å². The Bertz CT molecular complexity index is 1010. The van der Waals surface area contributed by atoms with Gasteiger partial charge in [0.25, 0.3) is 0 Å². The summed E-state index contributed by atoms with van der Waals surface area (Å²) in [5, 5.41) is 2.32. The van der Waals surface area contributed by atoms with Gasteiger partial charge in [-0.05, 0) is 27.9 Å². The van der Waals surface area contributed by atoms with Crippen molar-refractivity contribution in [3.8, 4) is 0 Å². The predicted octanol–water partition coefficient (Wildman–Crippen LogP) is 3.56. The average molecular weight is 477 g/mol. The monoisotopic (exact) mass is 476 g/mol. The van der Waals surface area contributed by atoms with Crippen LogP contribution in [0.15, 0.2) is 91.0 Å². The maximum Gasteiger partial charge on any atom is 0.338 e. The summed E-state index contributed by atoms with van der Waals surface area (Å²) < 4.78 is 24.9. The summed E-state index contributed by atoms with van der Waals surface area (Å²) in [6.07, 6.45) is -0.139. The lowest BCUT2D eigenvalue weighted by molar-refractivity contribution is -0.216. The van der Waals surface area contributed by atoms with Gasteiger partial charge < -0.3 is 18.6 Å². The van der Waals surface area contributed by atoms with Crippen molar-refractivity contribution in [2.75, 3.05) is 19.8 Å². The molecule has 0 aromatic heterocycles. The van der Waals surface area contributed by atoms with Crippen LogP contribution in [-0.2, 0) is 18.6 Å². The highest BCUT2D eigenvalue weighted by Crippen LogP contribution is 2.34. The molecule has 3 aromatic carbocycles. The van der Waals surface area contributed by atoms with Gasteiger partial charge in [0.1, 0.15) is 6.61 Å². The molecule has 1 heterocycles. The van der Waals surface area contributed by atoms with Crippen molar-refractivity contribution < 1.29 is 23.4 Å². The van der Waals surface area contributed by atoms with Gasteiger partial charge in [-0.25, -0.2) is 4.79 Å². The molecule has 0 spiro atoms. The molecule has 0 radical (unpaired) electrons. The van der Waals surface area contributed by atoms with Crippen molar-refractivity contribution in [2.45, 2.75) is 32.7 Å². The van der Waals surface area contributed by atoms with E-state index in [9.17, 15) is 4.79 Å². The van der Waals surface area contributed by atoms with E-state index >= 15 is 0 Å². The van der Waals surface area contributed by atoms with Crippen LogP contribution >= 0.6 is 0 Å². The van der Waals surface area contributed by atoms with E-state index in [1.165, 1.54) is 0 Å². The molecule has 4 rings (SSSR count). The molecule has 178 valence electrons. The van der Waals surface area contributed by atoms with Gasteiger partial charge in [-0.15, -0.1) is 0 Å². The van der Waals surface area contributed by atoms with Crippen LogP contribution in [0.2, 0.25) is 0 Å². The molecule has 2 atom stereocenters. The van der Waals surface area contributed by atoms with Crippen molar-refractivity contribution in [2.24, 2.45) is 5.41 Å². The molecule has 3 aromatic rings. The Morgan fingerprint density at radius 2 is 1.41 bits per heavy atom. The number of benzene rings is 3. The number of carbonyl (C=O) groups excluding carboxylic acids is 1. The first-order valence-corrected chi connectivity index (χ1v) is 13.2. The Balaban J connectivity index is 1.54. The van der Waals surface area contributed by atoms with Crippen LogP contribution in [0, 0.1) is 5.41 Å². The molecule has 0 bridgehead atoms. The summed E-state index contributed by atoms with van der Waals surface area (Å²) >= 11 is 0. The predicted molar refractivity (Wildman–Crippen MR) is 135 cm³/mol. The summed E-state index contributed by atoms with van der Waals surface area (Å²) in [5.74, 6) is -1.57. The van der Waals surface area contributed by atoms with Gasteiger partial charge in [-0.3, -0.25) is 0 Å². The van der Waals surface area contributed by atoms with Gasteiger partial charge in [0.15, 0.2) is 0 Å². The fourth-order valence-corrected chi connectivity index (χ4v) is 6.19. The van der Waals surface area contributed by atoms with E-state index in [1.54, 1.807) is 12.1 Å². The maximum atomic E-state index is 12.6. The van der Waals surface area contributed by atoms with Gasteiger partial charge in [0.05, 0.1) is 24.9 Å². The van der Waals surface area contributed by atoms with Gasteiger partial charge in [0, 0.05) is 0 Å². The van der Waals surface area contributed by atoms with E-state index in [-0.39, 0.29) is 24.7 Å². The number of hydrogen-bond donors (Lipinski definition) is 0. The molecule has 1 aliphatic heterocycles. The van der Waals surface area contributed by atoms with Gasteiger partial charge in [-0.1, -0.05) is 99.6 Å². The normalized spacial score (nSPS) is 20.4. The van der Waals surface area contributed by atoms with E-state index in [2.05, 4.69) is 45.0 Å². The molecule has 0 amide bonds. The number of hydrogen-bond acceptors (Lipinski definition) is 5.